The number of hydrogen-bond donors (Lipinski definition) is 2. The van der Waals surface area contributed by atoms with Crippen molar-refractivity contribution in [2.75, 3.05) is 14.2 Å². The number of esters is 1. The first kappa shape index (κ1) is 26.7. The predicted octanol–water partition coefficient (Wildman–Crippen LogP) is 5.64. The number of carbonyl (C=O) groups is 2. The van der Waals surface area contributed by atoms with Gasteiger partial charge in [-0.1, -0.05) is 66.7 Å². The molecular weight excluding hydrogens is 568 g/mol. The predicted molar refractivity (Wildman–Crippen MR) is 171 cm³/mol. The Kier molecular flexibility index (Phi) is 5.58. The first-order valence-corrected chi connectivity index (χ1v) is 15.4. The van der Waals surface area contributed by atoms with E-state index in [0.717, 1.165) is 49.2 Å². The summed E-state index contributed by atoms with van der Waals surface area (Å²) in [6.45, 7) is 2.10. The van der Waals surface area contributed by atoms with Crippen LogP contribution in [0.1, 0.15) is 47.3 Å². The van der Waals surface area contributed by atoms with Crippen LogP contribution in [0.4, 0.5) is 0 Å². The van der Waals surface area contributed by atoms with Gasteiger partial charge in [0.05, 0.1) is 34.1 Å². The smallest absolute Gasteiger partial charge is 0.312 e. The zero-order valence-electron chi connectivity index (χ0n) is 25.2. The molecule has 5 atom stereocenters. The molecule has 3 aliphatic rings. The molecule has 226 valence electrons. The molecular formula is C36H32N4O5. The first-order chi connectivity index (χ1) is 21.9. The molecule has 3 aliphatic heterocycles. The lowest BCUT2D eigenvalue weighted by Gasteiger charge is -2.48. The summed E-state index contributed by atoms with van der Waals surface area (Å²) in [5.74, 6) is -0.670. The van der Waals surface area contributed by atoms with Gasteiger partial charge in [0.25, 0.3) is 5.91 Å². The molecule has 0 saturated carbocycles. The van der Waals surface area contributed by atoms with E-state index < -0.39 is 17.9 Å². The molecule has 9 rings (SSSR count). The fourth-order valence-electron chi connectivity index (χ4n) is 8.39. The van der Waals surface area contributed by atoms with Crippen LogP contribution in [0.5, 0.6) is 0 Å². The Hall–Kier alpha value is -4.70. The average molecular weight is 601 g/mol. The molecule has 2 N–H and O–H groups in total. The molecule has 6 aromatic rings. The number of nitrogens with zero attached hydrogens (tertiary/aromatic N) is 2. The Morgan fingerprint density at radius 1 is 0.978 bits per heavy atom. The number of hydrogen-bond acceptors (Lipinski definition) is 6. The van der Waals surface area contributed by atoms with Crippen molar-refractivity contribution in [1.82, 2.24) is 19.8 Å². The molecule has 1 amide bonds. The van der Waals surface area contributed by atoms with E-state index in [2.05, 4.69) is 51.0 Å². The number of amides is 1. The highest BCUT2D eigenvalue weighted by atomic mass is 16.6. The topological polar surface area (TPSA) is 95.8 Å². The van der Waals surface area contributed by atoms with Gasteiger partial charge in [0.15, 0.2) is 5.72 Å². The lowest BCUT2D eigenvalue weighted by Crippen LogP contribution is -2.59. The molecule has 4 aromatic carbocycles. The van der Waals surface area contributed by atoms with Crippen molar-refractivity contribution in [1.29, 1.82) is 0 Å². The Morgan fingerprint density at radius 2 is 1.67 bits per heavy atom. The molecule has 45 heavy (non-hydrogen) atoms. The van der Waals surface area contributed by atoms with E-state index in [1.165, 1.54) is 0 Å². The quantitative estimate of drug-likeness (QED) is 0.249. The summed E-state index contributed by atoms with van der Waals surface area (Å²) in [6.07, 6.45) is -0.828. The number of fused-ring (bicyclic) bond motifs is 13. The Morgan fingerprint density at radius 3 is 2.40 bits per heavy atom. The first-order valence-electron chi connectivity index (χ1n) is 15.4. The summed E-state index contributed by atoms with van der Waals surface area (Å²) in [5.41, 5.74) is 4.97. The fraction of sp³-hybridized carbons (Fsp3) is 0.278. The summed E-state index contributed by atoms with van der Waals surface area (Å²) < 4.78 is 24.1. The number of para-hydroxylation sites is 2. The maximum Gasteiger partial charge on any atom is 0.312 e. The number of rotatable bonds is 5. The minimum atomic E-state index is -0.950. The molecule has 2 bridgehead atoms. The van der Waals surface area contributed by atoms with Crippen LogP contribution in [-0.2, 0) is 31.2 Å². The van der Waals surface area contributed by atoms with Crippen LogP contribution in [-0.4, -0.2) is 47.3 Å². The van der Waals surface area contributed by atoms with Crippen molar-refractivity contribution in [3.8, 4) is 0 Å². The van der Waals surface area contributed by atoms with Gasteiger partial charge in [-0.05, 0) is 31.7 Å². The number of carbonyl (C=O) groups excluding carboxylic acids is 2. The van der Waals surface area contributed by atoms with Crippen LogP contribution in [0.2, 0.25) is 0 Å². The molecule has 1 fully saturated rings. The zero-order chi connectivity index (χ0) is 30.6. The van der Waals surface area contributed by atoms with Gasteiger partial charge in [-0.3, -0.25) is 9.59 Å². The van der Waals surface area contributed by atoms with Gasteiger partial charge in [-0.25, -0.2) is 0 Å². The largest absolute Gasteiger partial charge is 0.437 e. The van der Waals surface area contributed by atoms with Gasteiger partial charge in [0.1, 0.15) is 12.3 Å². The van der Waals surface area contributed by atoms with E-state index in [1.54, 1.807) is 7.11 Å². The molecule has 1 saturated heterocycles. The highest BCUT2D eigenvalue weighted by molar-refractivity contribution is 6.31. The van der Waals surface area contributed by atoms with E-state index in [-0.39, 0.29) is 30.7 Å². The summed E-state index contributed by atoms with van der Waals surface area (Å²) in [4.78, 5) is 27.4. The Labute approximate surface area is 258 Å². The number of benzene rings is 4. The second kappa shape index (κ2) is 9.40. The second-order valence-corrected chi connectivity index (χ2v) is 12.4. The zero-order valence-corrected chi connectivity index (χ0v) is 25.2. The van der Waals surface area contributed by atoms with Crippen molar-refractivity contribution in [2.45, 2.75) is 50.1 Å². The van der Waals surface area contributed by atoms with E-state index >= 15 is 0 Å². The van der Waals surface area contributed by atoms with E-state index in [4.69, 9.17) is 14.2 Å². The fourth-order valence-corrected chi connectivity index (χ4v) is 8.39. The SMILES string of the molecule is CNC1CC2OC(C)(C1OC)n1c3ccccc3c3c4c(c5c6ccccc6n2c5c31)C(=O)NC4OC(=O)Cc1ccccc1. The maximum absolute atomic E-state index is 14.1. The van der Waals surface area contributed by atoms with Crippen molar-refractivity contribution >= 4 is 55.5 Å². The van der Waals surface area contributed by atoms with Crippen molar-refractivity contribution in [3.05, 3.63) is 95.6 Å². The summed E-state index contributed by atoms with van der Waals surface area (Å²) in [6, 6.07) is 25.8. The molecule has 0 radical (unpaired) electrons. The number of aromatic nitrogens is 2. The third-order valence-electron chi connectivity index (χ3n) is 10.1. The highest BCUT2D eigenvalue weighted by Crippen LogP contribution is 2.54. The number of ether oxygens (including phenoxy) is 3. The molecule has 5 unspecified atom stereocenters. The minimum absolute atomic E-state index is 0.0117. The number of nitrogens with one attached hydrogen (secondary N) is 2. The molecule has 9 heteroatoms. The van der Waals surface area contributed by atoms with Gasteiger partial charge in [0, 0.05) is 46.7 Å². The van der Waals surface area contributed by atoms with Gasteiger partial charge < -0.3 is 34.0 Å². The van der Waals surface area contributed by atoms with Crippen molar-refractivity contribution in [3.63, 3.8) is 0 Å². The number of likely N-dealkylation sites (N-methyl/N-ethyl adjacent to an activating group) is 1. The van der Waals surface area contributed by atoms with Gasteiger partial charge in [-0.15, -0.1) is 0 Å². The van der Waals surface area contributed by atoms with Crippen LogP contribution < -0.4 is 10.6 Å². The summed E-state index contributed by atoms with van der Waals surface area (Å²) >= 11 is 0. The minimum Gasteiger partial charge on any atom is -0.437 e. The average Bonchev–Trinajstić information content (AvgIpc) is 3.66. The van der Waals surface area contributed by atoms with E-state index in [1.807, 2.05) is 61.6 Å². The third kappa shape index (κ3) is 3.43. The summed E-state index contributed by atoms with van der Waals surface area (Å²) in [7, 11) is 3.70. The monoisotopic (exact) mass is 600 g/mol. The van der Waals surface area contributed by atoms with Crippen LogP contribution in [0, 0.1) is 0 Å². The van der Waals surface area contributed by atoms with Crippen molar-refractivity contribution < 1.29 is 23.8 Å². The normalized spacial score (nSPS) is 25.3. The number of methoxy groups -OCH3 is 1. The Balaban J connectivity index is 1.41. The van der Waals surface area contributed by atoms with Gasteiger partial charge in [0.2, 0.25) is 6.23 Å². The van der Waals surface area contributed by atoms with E-state index in [0.29, 0.717) is 17.5 Å². The molecule has 0 aliphatic carbocycles. The van der Waals surface area contributed by atoms with Gasteiger partial charge in [-0.2, -0.15) is 0 Å². The van der Waals surface area contributed by atoms with Crippen LogP contribution in [0.25, 0.3) is 43.6 Å². The third-order valence-corrected chi connectivity index (χ3v) is 10.1. The van der Waals surface area contributed by atoms with Gasteiger partial charge >= 0.3 is 5.97 Å². The van der Waals surface area contributed by atoms with E-state index in [9.17, 15) is 9.59 Å². The van der Waals surface area contributed by atoms with Crippen LogP contribution in [0.3, 0.4) is 0 Å². The summed E-state index contributed by atoms with van der Waals surface area (Å²) in [5, 5.41) is 10.2. The van der Waals surface area contributed by atoms with Crippen molar-refractivity contribution in [2.24, 2.45) is 0 Å². The molecule has 5 heterocycles. The molecule has 9 nitrogen and oxygen atoms in total. The maximum atomic E-state index is 14.1. The van der Waals surface area contributed by atoms with Crippen LogP contribution in [0.15, 0.2) is 78.9 Å². The second-order valence-electron chi connectivity index (χ2n) is 12.4. The van der Waals surface area contributed by atoms with Crippen LogP contribution >= 0.6 is 0 Å². The molecule has 2 aromatic heterocycles. The standard InChI is InChI=1S/C36H32N4O5/c1-36-33(43-3)22(37-2)18-25(45-36)39-23-15-9-7-13-20(23)27-29-30(28-21-14-8-10-16-24(21)40(36)32(28)31(27)39)35(38-34(29)42)44-26(41)17-19-11-5-4-6-12-19/h4-16,22,25,33,35,37H,17-18H2,1-3H3,(H,38,42). The molecule has 0 spiro atoms. The highest BCUT2D eigenvalue weighted by Gasteiger charge is 2.53. The Bertz CT molecular complexity index is 2220. The lowest BCUT2D eigenvalue weighted by atomic mass is 9.93. The lowest BCUT2D eigenvalue weighted by molar-refractivity contribution is -0.256.